The van der Waals surface area contributed by atoms with Crippen LogP contribution in [0.5, 0.6) is 0 Å². The second-order valence-corrected chi connectivity index (χ2v) is 15.4. The molecule has 0 aliphatic carbocycles. The minimum Gasteiger partial charge on any atom is -0.456 e. The van der Waals surface area contributed by atoms with Crippen molar-refractivity contribution in [2.45, 2.75) is 5.41 Å². The average Bonchev–Trinajstić information content (AvgIpc) is 3.86. The van der Waals surface area contributed by atoms with Gasteiger partial charge in [-0.3, -0.25) is 0 Å². The zero-order valence-electron chi connectivity index (χ0n) is 30.8. The topological polar surface area (TPSA) is 32.2 Å². The highest BCUT2D eigenvalue weighted by atomic mass is 16.3. The highest BCUT2D eigenvalue weighted by Crippen LogP contribution is 2.59. The Labute approximate surface area is 329 Å². The zero-order chi connectivity index (χ0) is 37.2. The van der Waals surface area contributed by atoms with E-state index in [2.05, 4.69) is 205 Å². The SMILES string of the molecule is [B]1c2cccc3c2N(c2ccccc2C3(c2ccccc2)c2ccccc2)c2c1c(-c1cccc3c1[nH]c1ccc4ccccc4c13)cc1oc3ccccc3c21. The van der Waals surface area contributed by atoms with E-state index in [0.29, 0.717) is 0 Å². The molecule has 4 heterocycles. The Morgan fingerprint density at radius 3 is 2.02 bits per heavy atom. The number of hydrogen-bond acceptors (Lipinski definition) is 2. The molecule has 0 saturated heterocycles. The van der Waals surface area contributed by atoms with Gasteiger partial charge >= 0.3 is 0 Å². The molecule has 11 aromatic rings. The van der Waals surface area contributed by atoms with Gasteiger partial charge in [0.15, 0.2) is 7.28 Å². The molecule has 3 nitrogen and oxygen atoms in total. The number of benzene rings is 9. The second kappa shape index (κ2) is 11.4. The van der Waals surface area contributed by atoms with Crippen molar-refractivity contribution < 1.29 is 4.42 Å². The van der Waals surface area contributed by atoms with Gasteiger partial charge in [-0.05, 0) is 68.3 Å². The molecule has 0 fully saturated rings. The summed E-state index contributed by atoms with van der Waals surface area (Å²) in [5.41, 5.74) is 16.6. The van der Waals surface area contributed by atoms with Gasteiger partial charge in [-0.2, -0.15) is 0 Å². The predicted octanol–water partition coefficient (Wildman–Crippen LogP) is 12.2. The summed E-state index contributed by atoms with van der Waals surface area (Å²) in [6.45, 7) is 0. The highest BCUT2D eigenvalue weighted by Gasteiger charge is 2.49. The lowest BCUT2D eigenvalue weighted by atomic mass is 9.54. The number of nitrogens with zero attached hydrogens (tertiary/aromatic N) is 1. The van der Waals surface area contributed by atoms with E-state index in [1.165, 1.54) is 66.1 Å². The zero-order valence-corrected chi connectivity index (χ0v) is 30.8. The number of furan rings is 1. The predicted molar refractivity (Wildman–Crippen MR) is 238 cm³/mol. The van der Waals surface area contributed by atoms with Crippen LogP contribution in [0, 0.1) is 0 Å². The molecule has 0 atom stereocenters. The van der Waals surface area contributed by atoms with Gasteiger partial charge in [0, 0.05) is 32.9 Å². The number of aromatic nitrogens is 1. The Balaban J connectivity index is 1.17. The number of nitrogens with one attached hydrogen (secondary N) is 1. The maximum absolute atomic E-state index is 6.86. The van der Waals surface area contributed by atoms with Crippen LogP contribution in [-0.4, -0.2) is 12.3 Å². The van der Waals surface area contributed by atoms with Crippen LogP contribution in [0.15, 0.2) is 192 Å². The summed E-state index contributed by atoms with van der Waals surface area (Å²) in [4.78, 5) is 6.45. The van der Waals surface area contributed by atoms with Gasteiger partial charge < -0.3 is 14.3 Å². The van der Waals surface area contributed by atoms with Crippen molar-refractivity contribution in [3.63, 3.8) is 0 Å². The first kappa shape index (κ1) is 31.0. The van der Waals surface area contributed by atoms with E-state index < -0.39 is 5.41 Å². The van der Waals surface area contributed by atoms with Crippen molar-refractivity contribution in [2.24, 2.45) is 0 Å². The van der Waals surface area contributed by atoms with Gasteiger partial charge in [0.05, 0.1) is 27.7 Å². The van der Waals surface area contributed by atoms with E-state index in [-0.39, 0.29) is 0 Å². The van der Waals surface area contributed by atoms with Crippen LogP contribution >= 0.6 is 0 Å². The van der Waals surface area contributed by atoms with Crippen LogP contribution in [0.1, 0.15) is 22.3 Å². The lowest BCUT2D eigenvalue weighted by Gasteiger charge is -2.49. The lowest BCUT2D eigenvalue weighted by molar-refractivity contribution is 0.669. The Kier molecular flexibility index (Phi) is 6.18. The summed E-state index contributed by atoms with van der Waals surface area (Å²) < 4.78 is 6.86. The normalized spacial score (nSPS) is 13.9. The smallest absolute Gasteiger partial charge is 0.197 e. The quantitative estimate of drug-likeness (QED) is 0.184. The van der Waals surface area contributed by atoms with Crippen LogP contribution in [0.25, 0.3) is 65.6 Å². The van der Waals surface area contributed by atoms with E-state index in [1.807, 2.05) is 0 Å². The highest BCUT2D eigenvalue weighted by molar-refractivity contribution is 6.74. The minimum atomic E-state index is -0.555. The van der Waals surface area contributed by atoms with Crippen molar-refractivity contribution in [2.75, 3.05) is 4.90 Å². The number of aromatic amines is 1. The Morgan fingerprint density at radius 2 is 1.18 bits per heavy atom. The first-order valence-electron chi connectivity index (χ1n) is 19.7. The third-order valence-corrected chi connectivity index (χ3v) is 12.7. The van der Waals surface area contributed by atoms with Crippen molar-refractivity contribution in [3.8, 4) is 11.1 Å². The molecule has 2 aromatic heterocycles. The van der Waals surface area contributed by atoms with Crippen LogP contribution < -0.4 is 15.8 Å². The molecule has 57 heavy (non-hydrogen) atoms. The monoisotopic (exact) mass is 723 g/mol. The number of rotatable bonds is 3. The first-order valence-corrected chi connectivity index (χ1v) is 19.7. The van der Waals surface area contributed by atoms with Gasteiger partial charge in [0.25, 0.3) is 0 Å². The average molecular weight is 724 g/mol. The van der Waals surface area contributed by atoms with Crippen molar-refractivity contribution in [3.05, 3.63) is 210 Å². The third-order valence-electron chi connectivity index (χ3n) is 12.7. The lowest BCUT2D eigenvalue weighted by Crippen LogP contribution is -2.47. The molecule has 0 amide bonds. The van der Waals surface area contributed by atoms with E-state index in [0.717, 1.165) is 49.8 Å². The molecule has 13 rings (SSSR count). The van der Waals surface area contributed by atoms with Crippen molar-refractivity contribution >= 4 is 89.8 Å². The number of para-hydroxylation sites is 4. The summed E-state index contributed by atoms with van der Waals surface area (Å²) in [6, 6.07) is 68.7. The Bertz CT molecular complexity index is 3410. The summed E-state index contributed by atoms with van der Waals surface area (Å²) in [7, 11) is 2.44. The standard InChI is InChI=1S/C53H32BN2O/c1-3-16-33(17-4-1)53(34-18-5-2-6-19-34)40-24-10-11-27-44(40)56-51-41(53)25-14-26-42(51)54-49-39(31-46-48(52(49)56)37-21-9-12-28-45(37)57-46)36-22-13-23-38-47-35-20-8-7-15-32(35)29-30-43(47)55-50(36)38/h1-31,55H. The van der Waals surface area contributed by atoms with Gasteiger partial charge in [0.1, 0.15) is 11.2 Å². The maximum atomic E-state index is 6.86. The van der Waals surface area contributed by atoms with Gasteiger partial charge in [0.2, 0.25) is 0 Å². The molecule has 4 heteroatoms. The molecule has 2 aliphatic heterocycles. The molecule has 0 unspecified atom stereocenters. The molecule has 263 valence electrons. The molecule has 1 radical (unpaired) electrons. The van der Waals surface area contributed by atoms with Crippen LogP contribution in [0.3, 0.4) is 0 Å². The molecule has 9 aromatic carbocycles. The summed E-state index contributed by atoms with van der Waals surface area (Å²) >= 11 is 0. The van der Waals surface area contributed by atoms with Gasteiger partial charge in [-0.15, -0.1) is 0 Å². The Hall–Kier alpha value is -7.30. The van der Waals surface area contributed by atoms with E-state index in [1.54, 1.807) is 0 Å². The summed E-state index contributed by atoms with van der Waals surface area (Å²) in [5, 5.41) is 7.20. The molecule has 0 spiro atoms. The van der Waals surface area contributed by atoms with Crippen molar-refractivity contribution in [1.82, 2.24) is 4.98 Å². The fourth-order valence-corrected chi connectivity index (χ4v) is 10.4. The number of fused-ring (bicyclic) bond motifs is 13. The van der Waals surface area contributed by atoms with E-state index in [9.17, 15) is 0 Å². The minimum absolute atomic E-state index is 0.555. The van der Waals surface area contributed by atoms with Crippen LogP contribution in [-0.2, 0) is 5.41 Å². The molecule has 0 bridgehead atoms. The summed E-state index contributed by atoms with van der Waals surface area (Å²) in [6.07, 6.45) is 0. The van der Waals surface area contributed by atoms with E-state index >= 15 is 0 Å². The fraction of sp³-hybridized carbons (Fsp3) is 0.0189. The van der Waals surface area contributed by atoms with E-state index in [4.69, 9.17) is 4.42 Å². The van der Waals surface area contributed by atoms with Gasteiger partial charge in [-0.25, -0.2) is 0 Å². The first-order chi connectivity index (χ1) is 28.3. The third kappa shape index (κ3) is 4.01. The molecule has 1 N–H and O–H groups in total. The molecular weight excluding hydrogens is 691 g/mol. The number of hydrogen-bond donors (Lipinski definition) is 1. The fourth-order valence-electron chi connectivity index (χ4n) is 10.4. The number of H-pyrrole nitrogens is 1. The maximum Gasteiger partial charge on any atom is 0.197 e. The summed E-state index contributed by atoms with van der Waals surface area (Å²) in [5.74, 6) is 0. The van der Waals surface area contributed by atoms with Crippen LogP contribution in [0.4, 0.5) is 17.1 Å². The largest absolute Gasteiger partial charge is 0.456 e. The molecule has 2 aliphatic rings. The Morgan fingerprint density at radius 1 is 0.491 bits per heavy atom. The van der Waals surface area contributed by atoms with Gasteiger partial charge in [-0.1, -0.05) is 169 Å². The van der Waals surface area contributed by atoms with Crippen LogP contribution in [0.2, 0.25) is 0 Å². The number of anilines is 3. The van der Waals surface area contributed by atoms with Crippen molar-refractivity contribution in [1.29, 1.82) is 0 Å². The molecular formula is C53H32BN2O. The molecule has 0 saturated carbocycles. The second-order valence-electron chi connectivity index (χ2n) is 15.4.